The van der Waals surface area contributed by atoms with Crippen LogP contribution in [0.1, 0.15) is 42.9 Å². The van der Waals surface area contributed by atoms with E-state index in [-0.39, 0.29) is 5.91 Å². The molecule has 0 unspecified atom stereocenters. The van der Waals surface area contributed by atoms with Crippen LogP contribution >= 0.6 is 12.2 Å². The number of aryl methyl sites for hydroxylation is 1. The van der Waals surface area contributed by atoms with E-state index < -0.39 is 0 Å². The number of piperidine rings is 1. The Bertz CT molecular complexity index is 1130. The number of nitrogens with one attached hydrogen (secondary N) is 2. The first-order chi connectivity index (χ1) is 16.0. The fourth-order valence-electron chi connectivity index (χ4n) is 4.29. The van der Waals surface area contributed by atoms with Crippen molar-refractivity contribution in [1.29, 1.82) is 0 Å². The fraction of sp³-hybridized carbons (Fsp3) is 0.423. The summed E-state index contributed by atoms with van der Waals surface area (Å²) in [5.74, 6) is 1.59. The Morgan fingerprint density at radius 1 is 1.12 bits per heavy atom. The number of rotatable bonds is 8. The molecule has 174 valence electrons. The molecule has 0 spiro atoms. The molecule has 1 aromatic heterocycles. The second-order valence-corrected chi connectivity index (χ2v) is 9.51. The van der Waals surface area contributed by atoms with E-state index in [2.05, 4.69) is 52.5 Å². The number of amides is 1. The van der Waals surface area contributed by atoms with Gasteiger partial charge in [-0.05, 0) is 62.1 Å². The van der Waals surface area contributed by atoms with Gasteiger partial charge in [0.25, 0.3) is 0 Å². The van der Waals surface area contributed by atoms with Gasteiger partial charge in [-0.1, -0.05) is 61.0 Å². The van der Waals surface area contributed by atoms with E-state index in [1.54, 1.807) is 0 Å². The third kappa shape index (κ3) is 6.18. The summed E-state index contributed by atoms with van der Waals surface area (Å²) in [7, 11) is 0. The number of aromatic nitrogens is 3. The Balaban J connectivity index is 1.33. The standard InChI is InChI=1S/C26H33N5OS/c1-19-7-9-21(10-8-19)25-28-29-26(33)31(25)16-13-24(32)27-17-22-5-3-4-6-23(22)18-30-14-11-20(2)12-15-30/h3-10,20H,11-18H2,1-2H3,(H,27,32)(H,29,33). The number of likely N-dealkylation sites (tertiary alicyclic amines) is 1. The van der Waals surface area contributed by atoms with Gasteiger partial charge in [0.15, 0.2) is 10.6 Å². The topological polar surface area (TPSA) is 66.0 Å². The van der Waals surface area contributed by atoms with E-state index in [4.69, 9.17) is 12.2 Å². The molecule has 0 saturated carbocycles. The Morgan fingerprint density at radius 3 is 2.55 bits per heavy atom. The summed E-state index contributed by atoms with van der Waals surface area (Å²) in [5, 5.41) is 10.3. The molecule has 1 amide bonds. The Morgan fingerprint density at radius 2 is 1.82 bits per heavy atom. The van der Waals surface area contributed by atoms with E-state index in [0.717, 1.165) is 36.9 Å². The predicted octanol–water partition coefficient (Wildman–Crippen LogP) is 4.85. The molecular formula is C26H33N5OS. The van der Waals surface area contributed by atoms with Crippen LogP contribution in [0, 0.1) is 17.6 Å². The smallest absolute Gasteiger partial charge is 0.222 e. The SMILES string of the molecule is Cc1ccc(-c2n[nH]c(=S)n2CCC(=O)NCc2ccccc2CN2CCC(C)CC2)cc1. The maximum absolute atomic E-state index is 12.7. The van der Waals surface area contributed by atoms with Crippen molar-refractivity contribution >= 4 is 18.1 Å². The number of nitrogens with zero attached hydrogens (tertiary/aromatic N) is 3. The summed E-state index contributed by atoms with van der Waals surface area (Å²) in [6.07, 6.45) is 2.87. The van der Waals surface area contributed by atoms with Crippen LogP contribution in [0.25, 0.3) is 11.4 Å². The predicted molar refractivity (Wildman–Crippen MR) is 134 cm³/mol. The van der Waals surface area contributed by atoms with Gasteiger partial charge >= 0.3 is 0 Å². The molecule has 0 bridgehead atoms. The minimum Gasteiger partial charge on any atom is -0.352 e. The number of benzene rings is 2. The highest BCUT2D eigenvalue weighted by Gasteiger charge is 2.17. The lowest BCUT2D eigenvalue weighted by atomic mass is 9.98. The number of hydrogen-bond acceptors (Lipinski definition) is 4. The van der Waals surface area contributed by atoms with Gasteiger partial charge in [0, 0.05) is 31.6 Å². The van der Waals surface area contributed by atoms with Gasteiger partial charge < -0.3 is 5.32 Å². The molecule has 1 saturated heterocycles. The highest BCUT2D eigenvalue weighted by molar-refractivity contribution is 7.71. The van der Waals surface area contributed by atoms with Crippen LogP contribution in [0.2, 0.25) is 0 Å². The zero-order valence-electron chi connectivity index (χ0n) is 19.5. The Labute approximate surface area is 201 Å². The first-order valence-corrected chi connectivity index (χ1v) is 12.2. The van der Waals surface area contributed by atoms with Gasteiger partial charge in [0.2, 0.25) is 5.91 Å². The summed E-state index contributed by atoms with van der Waals surface area (Å²) < 4.78 is 2.42. The van der Waals surface area contributed by atoms with Crippen molar-refractivity contribution in [1.82, 2.24) is 25.0 Å². The normalized spacial score (nSPS) is 15.0. The molecule has 2 N–H and O–H groups in total. The zero-order valence-corrected chi connectivity index (χ0v) is 20.3. The molecule has 0 atom stereocenters. The van der Waals surface area contributed by atoms with Gasteiger partial charge in [-0.3, -0.25) is 19.4 Å². The molecule has 33 heavy (non-hydrogen) atoms. The molecule has 4 rings (SSSR count). The molecule has 6 nitrogen and oxygen atoms in total. The van der Waals surface area contributed by atoms with Gasteiger partial charge in [-0.15, -0.1) is 0 Å². The summed E-state index contributed by atoms with van der Waals surface area (Å²) >= 11 is 5.40. The van der Waals surface area contributed by atoms with E-state index >= 15 is 0 Å². The molecule has 1 aliphatic heterocycles. The highest BCUT2D eigenvalue weighted by atomic mass is 32.1. The largest absolute Gasteiger partial charge is 0.352 e. The van der Waals surface area contributed by atoms with Crippen molar-refractivity contribution in [3.63, 3.8) is 0 Å². The van der Waals surface area contributed by atoms with Crippen LogP contribution in [0.3, 0.4) is 0 Å². The molecule has 1 fully saturated rings. The minimum atomic E-state index is 0.00885. The molecule has 2 heterocycles. The van der Waals surface area contributed by atoms with Crippen molar-refractivity contribution in [3.8, 4) is 11.4 Å². The number of carbonyl (C=O) groups excluding carboxylic acids is 1. The molecule has 0 aliphatic carbocycles. The van der Waals surface area contributed by atoms with Gasteiger partial charge in [0.05, 0.1) is 0 Å². The molecule has 2 aromatic carbocycles. The summed E-state index contributed by atoms with van der Waals surface area (Å²) in [5.41, 5.74) is 4.65. The maximum Gasteiger partial charge on any atom is 0.222 e. The van der Waals surface area contributed by atoms with Crippen LogP contribution in [-0.2, 0) is 24.4 Å². The molecular weight excluding hydrogens is 430 g/mol. The lowest BCUT2D eigenvalue weighted by molar-refractivity contribution is -0.121. The van der Waals surface area contributed by atoms with Crippen LogP contribution < -0.4 is 5.32 Å². The second-order valence-electron chi connectivity index (χ2n) is 9.12. The van der Waals surface area contributed by atoms with Gasteiger partial charge in [-0.2, -0.15) is 5.10 Å². The lowest BCUT2D eigenvalue weighted by Gasteiger charge is -2.30. The first kappa shape index (κ1) is 23.4. The van der Waals surface area contributed by atoms with Gasteiger partial charge in [0.1, 0.15) is 0 Å². The molecule has 1 aliphatic rings. The lowest BCUT2D eigenvalue weighted by Crippen LogP contribution is -2.33. The second kappa shape index (κ2) is 10.9. The number of carbonyl (C=O) groups is 1. The average Bonchev–Trinajstić information content (AvgIpc) is 3.19. The summed E-state index contributed by atoms with van der Waals surface area (Å²) in [4.78, 5) is 15.2. The average molecular weight is 464 g/mol. The van der Waals surface area contributed by atoms with Crippen molar-refractivity contribution < 1.29 is 4.79 Å². The van der Waals surface area contributed by atoms with Gasteiger partial charge in [-0.25, -0.2) is 0 Å². The quantitative estimate of drug-likeness (QED) is 0.469. The summed E-state index contributed by atoms with van der Waals surface area (Å²) in [6.45, 7) is 8.66. The van der Waals surface area contributed by atoms with Crippen molar-refractivity contribution in [2.24, 2.45) is 5.92 Å². The third-order valence-corrected chi connectivity index (χ3v) is 6.81. The first-order valence-electron chi connectivity index (χ1n) is 11.8. The van der Waals surface area contributed by atoms with Crippen molar-refractivity contribution in [2.75, 3.05) is 13.1 Å². The fourth-order valence-corrected chi connectivity index (χ4v) is 4.51. The minimum absolute atomic E-state index is 0.00885. The van der Waals surface area contributed by atoms with E-state index in [1.807, 2.05) is 34.9 Å². The van der Waals surface area contributed by atoms with E-state index in [0.29, 0.717) is 24.3 Å². The van der Waals surface area contributed by atoms with Crippen LogP contribution in [0.4, 0.5) is 0 Å². The van der Waals surface area contributed by atoms with Crippen molar-refractivity contribution in [2.45, 2.75) is 52.7 Å². The number of H-pyrrole nitrogens is 1. The van der Waals surface area contributed by atoms with Crippen LogP contribution in [0.15, 0.2) is 48.5 Å². The molecule has 3 aromatic rings. The Kier molecular flexibility index (Phi) is 7.73. The van der Waals surface area contributed by atoms with E-state index in [1.165, 1.54) is 29.5 Å². The van der Waals surface area contributed by atoms with Crippen LogP contribution in [0.5, 0.6) is 0 Å². The number of aromatic amines is 1. The highest BCUT2D eigenvalue weighted by Crippen LogP contribution is 2.20. The molecule has 0 radical (unpaired) electrons. The monoisotopic (exact) mass is 463 g/mol. The maximum atomic E-state index is 12.7. The Hall–Kier alpha value is -2.77. The zero-order chi connectivity index (χ0) is 23.2. The molecule has 7 heteroatoms. The number of hydrogen-bond donors (Lipinski definition) is 2. The van der Waals surface area contributed by atoms with E-state index in [9.17, 15) is 4.79 Å². The van der Waals surface area contributed by atoms with Crippen LogP contribution in [-0.4, -0.2) is 38.7 Å². The van der Waals surface area contributed by atoms with Crippen molar-refractivity contribution in [3.05, 3.63) is 70.0 Å². The third-order valence-electron chi connectivity index (χ3n) is 6.50. The summed E-state index contributed by atoms with van der Waals surface area (Å²) in [6, 6.07) is 16.6.